The van der Waals surface area contributed by atoms with Crippen LogP contribution in [0.3, 0.4) is 0 Å². The molecule has 0 radical (unpaired) electrons. The van der Waals surface area contributed by atoms with E-state index >= 15 is 0 Å². The van der Waals surface area contributed by atoms with Gasteiger partial charge in [-0.3, -0.25) is 9.59 Å². The van der Waals surface area contributed by atoms with Crippen LogP contribution in [0.25, 0.3) is 0 Å². The lowest BCUT2D eigenvalue weighted by Gasteiger charge is -2.07. The van der Waals surface area contributed by atoms with E-state index in [0.717, 1.165) is 17.5 Å². The summed E-state index contributed by atoms with van der Waals surface area (Å²) >= 11 is 0. The summed E-state index contributed by atoms with van der Waals surface area (Å²) in [4.78, 5) is 23.8. The molecule has 26 heavy (non-hydrogen) atoms. The minimum absolute atomic E-state index is 0.567. The standard InChI is InChI=1S/C21H25N3O2/c1-14(2)13-17-7-9-18(10-8-17)16(4)23-24-21(26)20(25)22-19-11-5-15(3)6-12-19/h5-12,14H,13H2,1-4H3,(H,22,25)(H,24,26)/b23-16-. The number of hydrazone groups is 1. The van der Waals surface area contributed by atoms with Crippen molar-refractivity contribution >= 4 is 23.2 Å². The molecule has 0 spiro atoms. The van der Waals surface area contributed by atoms with Crippen LogP contribution in [0.4, 0.5) is 5.69 Å². The van der Waals surface area contributed by atoms with E-state index in [1.165, 1.54) is 5.56 Å². The molecule has 0 atom stereocenters. The number of benzene rings is 2. The van der Waals surface area contributed by atoms with Crippen molar-refractivity contribution in [1.29, 1.82) is 0 Å². The first kappa shape index (κ1) is 19.4. The van der Waals surface area contributed by atoms with Gasteiger partial charge in [-0.15, -0.1) is 0 Å². The zero-order valence-electron chi connectivity index (χ0n) is 15.7. The van der Waals surface area contributed by atoms with Crippen molar-refractivity contribution in [3.05, 3.63) is 65.2 Å². The van der Waals surface area contributed by atoms with Gasteiger partial charge in [0.15, 0.2) is 0 Å². The summed E-state index contributed by atoms with van der Waals surface area (Å²) in [5.41, 5.74) is 6.74. The van der Waals surface area contributed by atoms with E-state index < -0.39 is 11.8 Å². The van der Waals surface area contributed by atoms with Crippen LogP contribution in [0.15, 0.2) is 53.6 Å². The molecule has 5 nitrogen and oxygen atoms in total. The normalized spacial score (nSPS) is 11.3. The topological polar surface area (TPSA) is 70.6 Å². The number of hydrogen-bond donors (Lipinski definition) is 2. The van der Waals surface area contributed by atoms with Gasteiger partial charge in [0.2, 0.25) is 0 Å². The van der Waals surface area contributed by atoms with Crippen LogP contribution >= 0.6 is 0 Å². The quantitative estimate of drug-likeness (QED) is 0.490. The molecule has 0 saturated carbocycles. The van der Waals surface area contributed by atoms with Gasteiger partial charge in [0.1, 0.15) is 0 Å². The van der Waals surface area contributed by atoms with E-state index in [-0.39, 0.29) is 0 Å². The Hall–Kier alpha value is -2.95. The molecule has 0 aliphatic heterocycles. The number of nitrogens with zero attached hydrogens (tertiary/aromatic N) is 1. The molecule has 136 valence electrons. The van der Waals surface area contributed by atoms with E-state index in [0.29, 0.717) is 17.3 Å². The van der Waals surface area contributed by atoms with Crippen molar-refractivity contribution < 1.29 is 9.59 Å². The van der Waals surface area contributed by atoms with Crippen molar-refractivity contribution in [3.8, 4) is 0 Å². The van der Waals surface area contributed by atoms with Gasteiger partial charge in [-0.2, -0.15) is 5.10 Å². The van der Waals surface area contributed by atoms with Gasteiger partial charge in [-0.1, -0.05) is 55.8 Å². The summed E-state index contributed by atoms with van der Waals surface area (Å²) in [5.74, 6) is -0.957. The number of rotatable bonds is 5. The van der Waals surface area contributed by atoms with Crippen molar-refractivity contribution in [2.24, 2.45) is 11.0 Å². The number of aryl methyl sites for hydroxylation is 1. The van der Waals surface area contributed by atoms with Crippen LogP contribution < -0.4 is 10.7 Å². The number of carbonyl (C=O) groups is 2. The molecule has 2 aromatic rings. The first-order chi connectivity index (χ1) is 12.3. The Bertz CT molecular complexity index is 791. The Labute approximate surface area is 154 Å². The summed E-state index contributed by atoms with van der Waals surface area (Å²) in [6, 6.07) is 15.3. The van der Waals surface area contributed by atoms with Crippen molar-refractivity contribution in [1.82, 2.24) is 5.43 Å². The second-order valence-electron chi connectivity index (χ2n) is 6.75. The fourth-order valence-corrected chi connectivity index (χ4v) is 2.43. The summed E-state index contributed by atoms with van der Waals surface area (Å²) < 4.78 is 0. The predicted octanol–water partition coefficient (Wildman–Crippen LogP) is 3.67. The molecule has 0 fully saturated rings. The fraction of sp³-hybridized carbons (Fsp3) is 0.286. The van der Waals surface area contributed by atoms with Crippen molar-refractivity contribution in [2.45, 2.75) is 34.1 Å². The molecule has 0 aliphatic carbocycles. The van der Waals surface area contributed by atoms with Gasteiger partial charge < -0.3 is 5.32 Å². The summed E-state index contributed by atoms with van der Waals surface area (Å²) in [7, 11) is 0. The predicted molar refractivity (Wildman–Crippen MR) is 105 cm³/mol. The van der Waals surface area contributed by atoms with Gasteiger partial charge in [0, 0.05) is 5.69 Å². The Morgan fingerprint density at radius 1 is 0.962 bits per heavy atom. The van der Waals surface area contributed by atoms with E-state index in [9.17, 15) is 9.59 Å². The van der Waals surface area contributed by atoms with Crippen LogP contribution in [0, 0.1) is 12.8 Å². The molecule has 2 amide bonds. The lowest BCUT2D eigenvalue weighted by atomic mass is 10.0. The molecule has 0 bridgehead atoms. The lowest BCUT2D eigenvalue weighted by molar-refractivity contribution is -0.136. The Morgan fingerprint density at radius 2 is 1.58 bits per heavy atom. The van der Waals surface area contributed by atoms with Crippen LogP contribution in [0.2, 0.25) is 0 Å². The molecule has 0 aromatic heterocycles. The van der Waals surface area contributed by atoms with Gasteiger partial charge in [0.25, 0.3) is 0 Å². The van der Waals surface area contributed by atoms with Crippen molar-refractivity contribution in [3.63, 3.8) is 0 Å². The molecule has 5 heteroatoms. The summed E-state index contributed by atoms with van der Waals surface area (Å²) in [6.07, 6.45) is 1.02. The molecule has 2 rings (SSSR count). The highest BCUT2D eigenvalue weighted by atomic mass is 16.2. The highest BCUT2D eigenvalue weighted by molar-refractivity contribution is 6.39. The van der Waals surface area contributed by atoms with E-state index in [2.05, 4.69) is 41.8 Å². The highest BCUT2D eigenvalue weighted by Crippen LogP contribution is 2.11. The molecule has 0 saturated heterocycles. The van der Waals surface area contributed by atoms with Gasteiger partial charge in [0.05, 0.1) is 5.71 Å². The van der Waals surface area contributed by atoms with Gasteiger partial charge in [-0.25, -0.2) is 5.43 Å². The number of anilines is 1. The smallest absolute Gasteiger partial charge is 0.318 e. The number of amides is 2. The number of carbonyl (C=O) groups excluding carboxylic acids is 2. The van der Waals surface area contributed by atoms with Crippen LogP contribution in [0.5, 0.6) is 0 Å². The van der Waals surface area contributed by atoms with Crippen LogP contribution in [-0.2, 0) is 16.0 Å². The minimum atomic E-state index is -0.804. The molecular weight excluding hydrogens is 326 g/mol. The monoisotopic (exact) mass is 351 g/mol. The molecule has 0 heterocycles. The zero-order valence-corrected chi connectivity index (χ0v) is 15.7. The first-order valence-electron chi connectivity index (χ1n) is 8.66. The third-order valence-corrected chi connectivity index (χ3v) is 3.86. The average molecular weight is 351 g/mol. The Kier molecular flexibility index (Phi) is 6.67. The Morgan fingerprint density at radius 3 is 2.15 bits per heavy atom. The molecular formula is C21H25N3O2. The van der Waals surface area contributed by atoms with Gasteiger partial charge in [-0.05, 0) is 49.4 Å². The summed E-state index contributed by atoms with van der Waals surface area (Å²) in [5, 5.41) is 6.56. The lowest BCUT2D eigenvalue weighted by Crippen LogP contribution is -2.32. The maximum Gasteiger partial charge on any atom is 0.329 e. The SMILES string of the molecule is C/C(=N/NC(=O)C(=O)Nc1ccc(C)cc1)c1ccc(CC(C)C)cc1. The largest absolute Gasteiger partial charge is 0.329 e. The molecule has 0 aliphatic rings. The van der Waals surface area contributed by atoms with Gasteiger partial charge >= 0.3 is 11.8 Å². The maximum atomic E-state index is 11.9. The third-order valence-electron chi connectivity index (χ3n) is 3.86. The number of hydrogen-bond acceptors (Lipinski definition) is 3. The van der Waals surface area contributed by atoms with Crippen LogP contribution in [0.1, 0.15) is 37.5 Å². The summed E-state index contributed by atoms with van der Waals surface area (Å²) in [6.45, 7) is 8.09. The zero-order chi connectivity index (χ0) is 19.1. The first-order valence-corrected chi connectivity index (χ1v) is 8.66. The van der Waals surface area contributed by atoms with Crippen LogP contribution in [-0.4, -0.2) is 17.5 Å². The second-order valence-corrected chi connectivity index (χ2v) is 6.75. The molecule has 2 aromatic carbocycles. The highest BCUT2D eigenvalue weighted by Gasteiger charge is 2.13. The molecule has 2 N–H and O–H groups in total. The van der Waals surface area contributed by atoms with E-state index in [4.69, 9.17) is 0 Å². The molecule has 0 unspecified atom stereocenters. The van der Waals surface area contributed by atoms with E-state index in [1.807, 2.05) is 31.2 Å². The Balaban J connectivity index is 1.93. The van der Waals surface area contributed by atoms with E-state index in [1.54, 1.807) is 19.1 Å². The fourth-order valence-electron chi connectivity index (χ4n) is 2.43. The minimum Gasteiger partial charge on any atom is -0.318 e. The number of nitrogens with one attached hydrogen (secondary N) is 2. The third kappa shape index (κ3) is 5.84. The van der Waals surface area contributed by atoms with Crippen molar-refractivity contribution in [2.75, 3.05) is 5.32 Å². The second kappa shape index (κ2) is 8.94. The maximum absolute atomic E-state index is 11.9. The average Bonchev–Trinajstić information content (AvgIpc) is 2.61.